The van der Waals surface area contributed by atoms with Crippen LogP contribution in [0.25, 0.3) is 5.69 Å². The van der Waals surface area contributed by atoms with Crippen molar-refractivity contribution in [2.24, 2.45) is 0 Å². The number of halogens is 3. The number of ketones is 1. The van der Waals surface area contributed by atoms with Crippen molar-refractivity contribution in [2.45, 2.75) is 31.9 Å². The smallest absolute Gasteiger partial charge is 0.417 e. The average Bonchev–Trinajstić information content (AvgIpc) is 3.18. The summed E-state index contributed by atoms with van der Waals surface area (Å²) >= 11 is 0. The number of alkyl halides is 3. The number of hydrogen-bond acceptors (Lipinski definition) is 7. The van der Waals surface area contributed by atoms with Crippen molar-refractivity contribution in [3.63, 3.8) is 0 Å². The third-order valence-corrected chi connectivity index (χ3v) is 4.68. The minimum absolute atomic E-state index is 0.00466. The first kappa shape index (κ1) is 19.8. The van der Waals surface area contributed by atoms with Gasteiger partial charge in [-0.25, -0.2) is 14.5 Å². The molecule has 2 heterocycles. The molecule has 0 N–H and O–H groups in total. The van der Waals surface area contributed by atoms with Crippen LogP contribution >= 0.6 is 0 Å². The van der Waals surface area contributed by atoms with Gasteiger partial charge in [0, 0.05) is 5.56 Å². The molecule has 8 nitrogen and oxygen atoms in total. The van der Waals surface area contributed by atoms with E-state index in [1.54, 1.807) is 6.92 Å². The number of esters is 1. The van der Waals surface area contributed by atoms with Gasteiger partial charge in [-0.05, 0) is 43.4 Å². The van der Waals surface area contributed by atoms with Gasteiger partial charge in [-0.3, -0.25) is 4.79 Å². The van der Waals surface area contributed by atoms with Gasteiger partial charge in [0.2, 0.25) is 5.69 Å². The molecule has 1 aromatic carbocycles. The van der Waals surface area contributed by atoms with Gasteiger partial charge >= 0.3 is 12.1 Å². The monoisotopic (exact) mass is 420 g/mol. The quantitative estimate of drug-likeness (QED) is 0.444. The molecule has 3 aromatic rings. The van der Waals surface area contributed by atoms with Gasteiger partial charge in [-0.15, -0.1) is 0 Å². The van der Waals surface area contributed by atoms with Crippen molar-refractivity contribution < 1.29 is 32.0 Å². The van der Waals surface area contributed by atoms with E-state index in [2.05, 4.69) is 19.8 Å². The van der Waals surface area contributed by atoms with E-state index in [-0.39, 0.29) is 18.2 Å². The van der Waals surface area contributed by atoms with Crippen molar-refractivity contribution in [3.05, 3.63) is 59.0 Å². The van der Waals surface area contributed by atoms with Crippen LogP contribution in [0.2, 0.25) is 0 Å². The molecule has 156 valence electrons. The second-order valence-corrected chi connectivity index (χ2v) is 6.70. The lowest BCUT2D eigenvalue weighted by atomic mass is 9.93. The number of carbonyl (C=O) groups excluding carboxylic acids is 2. The van der Waals surface area contributed by atoms with E-state index in [9.17, 15) is 22.8 Å². The van der Waals surface area contributed by atoms with Crippen LogP contribution in [0.4, 0.5) is 13.2 Å². The molecule has 0 radical (unpaired) electrons. The summed E-state index contributed by atoms with van der Waals surface area (Å²) in [6, 6.07) is 2.09. The maximum absolute atomic E-state index is 13.9. The largest absolute Gasteiger partial charge is 0.461 e. The molecule has 1 saturated carbocycles. The molecule has 1 fully saturated rings. The summed E-state index contributed by atoms with van der Waals surface area (Å²) in [5.74, 6) is -1.98. The molecule has 0 bridgehead atoms. The predicted octanol–water partition coefficient (Wildman–Crippen LogP) is 3.56. The summed E-state index contributed by atoms with van der Waals surface area (Å²) in [5.41, 5.74) is -1.86. The second kappa shape index (κ2) is 7.39. The van der Waals surface area contributed by atoms with E-state index < -0.39 is 40.3 Å². The number of aromatic nitrogens is 4. The van der Waals surface area contributed by atoms with Crippen LogP contribution in [0.1, 0.15) is 63.2 Å². The zero-order chi connectivity index (χ0) is 21.5. The Hall–Kier alpha value is -3.50. The molecular weight excluding hydrogens is 405 g/mol. The maximum atomic E-state index is 13.9. The lowest BCUT2D eigenvalue weighted by molar-refractivity contribution is -0.137. The Balaban J connectivity index is 1.88. The summed E-state index contributed by atoms with van der Waals surface area (Å²) in [6.45, 7) is 1.55. The Kier molecular flexibility index (Phi) is 4.88. The van der Waals surface area contributed by atoms with Gasteiger partial charge in [-0.2, -0.15) is 18.3 Å². The third kappa shape index (κ3) is 3.58. The fourth-order valence-electron chi connectivity index (χ4n) is 3.17. The van der Waals surface area contributed by atoms with E-state index in [4.69, 9.17) is 4.74 Å². The van der Waals surface area contributed by atoms with Crippen LogP contribution in [-0.4, -0.2) is 38.3 Å². The Labute approximate surface area is 167 Å². The standard InChI is InChI=1S/C19H15F3N4O4/c1-2-29-18(28)16-13(7-30-25-16)17(27)12-5-11(10-3-4-10)15(26-9-23-8-24-26)6-14(12)19(20,21)22/h5-10H,2-4H2,1H3. The highest BCUT2D eigenvalue weighted by atomic mass is 19.4. The molecule has 1 aliphatic carbocycles. The molecule has 0 spiro atoms. The molecule has 0 aliphatic heterocycles. The summed E-state index contributed by atoms with van der Waals surface area (Å²) in [5, 5.41) is 7.36. The fourth-order valence-corrected chi connectivity index (χ4v) is 3.17. The van der Waals surface area contributed by atoms with Gasteiger partial charge < -0.3 is 9.26 Å². The van der Waals surface area contributed by atoms with Gasteiger partial charge in [0.15, 0.2) is 5.78 Å². The first-order chi connectivity index (χ1) is 14.3. The summed E-state index contributed by atoms with van der Waals surface area (Å²) in [6.07, 6.45) is 0.0814. The molecule has 2 aromatic heterocycles. The Morgan fingerprint density at radius 2 is 2.03 bits per heavy atom. The third-order valence-electron chi connectivity index (χ3n) is 4.68. The number of carbonyl (C=O) groups is 2. The molecule has 4 rings (SSSR count). The van der Waals surface area contributed by atoms with Crippen molar-refractivity contribution >= 4 is 11.8 Å². The van der Waals surface area contributed by atoms with Crippen LogP contribution in [0, 0.1) is 0 Å². The lowest BCUT2D eigenvalue weighted by Gasteiger charge is -2.17. The Bertz CT molecular complexity index is 1100. The second-order valence-electron chi connectivity index (χ2n) is 6.70. The lowest BCUT2D eigenvalue weighted by Crippen LogP contribution is -2.18. The van der Waals surface area contributed by atoms with Crippen LogP contribution in [-0.2, 0) is 10.9 Å². The zero-order valence-corrected chi connectivity index (χ0v) is 15.6. The molecule has 0 saturated heterocycles. The molecule has 30 heavy (non-hydrogen) atoms. The maximum Gasteiger partial charge on any atom is 0.417 e. The fraction of sp³-hybridized carbons (Fsp3) is 0.316. The van der Waals surface area contributed by atoms with Crippen LogP contribution in [0.5, 0.6) is 0 Å². The Morgan fingerprint density at radius 1 is 1.27 bits per heavy atom. The van der Waals surface area contributed by atoms with E-state index in [0.29, 0.717) is 5.56 Å². The van der Waals surface area contributed by atoms with Crippen LogP contribution < -0.4 is 0 Å². The highest BCUT2D eigenvalue weighted by Gasteiger charge is 2.39. The zero-order valence-electron chi connectivity index (χ0n) is 15.6. The van der Waals surface area contributed by atoms with Gasteiger partial charge in [0.05, 0.1) is 23.4 Å². The highest BCUT2D eigenvalue weighted by molar-refractivity contribution is 6.14. The first-order valence-corrected chi connectivity index (χ1v) is 9.07. The van der Waals surface area contributed by atoms with E-state index in [1.807, 2.05) is 0 Å². The minimum atomic E-state index is -4.83. The van der Waals surface area contributed by atoms with E-state index in [1.165, 1.54) is 23.4 Å². The molecule has 1 aliphatic rings. The highest BCUT2D eigenvalue weighted by Crippen LogP contribution is 2.45. The Morgan fingerprint density at radius 3 is 2.63 bits per heavy atom. The van der Waals surface area contributed by atoms with E-state index in [0.717, 1.165) is 25.2 Å². The molecule has 11 heteroatoms. The van der Waals surface area contributed by atoms with Crippen molar-refractivity contribution in [1.29, 1.82) is 0 Å². The molecule has 0 amide bonds. The van der Waals surface area contributed by atoms with Gasteiger partial charge in [0.1, 0.15) is 18.9 Å². The average molecular weight is 420 g/mol. The summed E-state index contributed by atoms with van der Waals surface area (Å²) in [4.78, 5) is 28.8. The summed E-state index contributed by atoms with van der Waals surface area (Å²) in [7, 11) is 0. The summed E-state index contributed by atoms with van der Waals surface area (Å²) < 4.78 is 52.3. The molecule has 0 unspecified atom stereocenters. The van der Waals surface area contributed by atoms with E-state index >= 15 is 0 Å². The predicted molar refractivity (Wildman–Crippen MR) is 94.2 cm³/mol. The molecular formula is C19H15F3N4O4. The normalized spacial score (nSPS) is 14.0. The first-order valence-electron chi connectivity index (χ1n) is 9.07. The van der Waals surface area contributed by atoms with Crippen LogP contribution in [0.15, 0.2) is 35.6 Å². The van der Waals surface area contributed by atoms with Gasteiger partial charge in [0.25, 0.3) is 0 Å². The van der Waals surface area contributed by atoms with Gasteiger partial charge in [-0.1, -0.05) is 5.16 Å². The number of nitrogens with zero attached hydrogens (tertiary/aromatic N) is 4. The van der Waals surface area contributed by atoms with Crippen molar-refractivity contribution in [1.82, 2.24) is 19.9 Å². The SMILES string of the molecule is CCOC(=O)c1nocc1C(=O)c1cc(C2CC2)c(-n2cncn2)cc1C(F)(F)F. The van der Waals surface area contributed by atoms with Crippen LogP contribution in [0.3, 0.4) is 0 Å². The number of benzene rings is 1. The van der Waals surface area contributed by atoms with Crippen molar-refractivity contribution in [3.8, 4) is 5.69 Å². The topological polar surface area (TPSA) is 100 Å². The number of hydrogen-bond donors (Lipinski definition) is 0. The number of ether oxygens (including phenoxy) is 1. The van der Waals surface area contributed by atoms with Crippen molar-refractivity contribution in [2.75, 3.05) is 6.61 Å². The number of rotatable bonds is 6. The minimum Gasteiger partial charge on any atom is -0.461 e. The molecule has 0 atom stereocenters.